The molecular formula is C17H23N5O2. The molecule has 7 heteroatoms. The van der Waals surface area contributed by atoms with Gasteiger partial charge in [0.2, 0.25) is 5.91 Å². The molecular weight excluding hydrogens is 306 g/mol. The van der Waals surface area contributed by atoms with Crippen molar-refractivity contribution >= 4 is 11.9 Å². The number of carbonyl (C=O) groups excluding carboxylic acids is 2. The third kappa shape index (κ3) is 4.34. The van der Waals surface area contributed by atoms with E-state index in [4.69, 9.17) is 0 Å². The number of imidazole rings is 1. The van der Waals surface area contributed by atoms with Gasteiger partial charge in [0.25, 0.3) is 0 Å². The van der Waals surface area contributed by atoms with Gasteiger partial charge in [-0.05, 0) is 31.5 Å². The molecule has 128 valence electrons. The van der Waals surface area contributed by atoms with Crippen LogP contribution in [0.5, 0.6) is 0 Å². The molecule has 2 aromatic rings. The highest BCUT2D eigenvalue weighted by atomic mass is 16.2. The Hall–Kier alpha value is -2.83. The van der Waals surface area contributed by atoms with Crippen LogP contribution in [0.15, 0.2) is 43.0 Å². The van der Waals surface area contributed by atoms with Crippen LogP contribution in [0.3, 0.4) is 0 Å². The molecule has 2 N–H and O–H groups in total. The maximum absolute atomic E-state index is 12.1. The van der Waals surface area contributed by atoms with Gasteiger partial charge in [-0.1, -0.05) is 12.1 Å². The van der Waals surface area contributed by atoms with Crippen molar-refractivity contribution in [1.29, 1.82) is 0 Å². The molecule has 1 aromatic carbocycles. The van der Waals surface area contributed by atoms with Crippen LogP contribution in [0.4, 0.5) is 4.79 Å². The maximum atomic E-state index is 12.1. The van der Waals surface area contributed by atoms with Gasteiger partial charge in [0.15, 0.2) is 0 Å². The van der Waals surface area contributed by atoms with Crippen molar-refractivity contribution in [2.24, 2.45) is 0 Å². The second kappa shape index (κ2) is 7.63. The van der Waals surface area contributed by atoms with Gasteiger partial charge in [0, 0.05) is 32.2 Å². The minimum Gasteiger partial charge on any atom is -0.347 e. The van der Waals surface area contributed by atoms with Crippen molar-refractivity contribution in [3.8, 4) is 5.69 Å². The Bertz CT molecular complexity index is 697. The number of nitrogens with one attached hydrogen (secondary N) is 2. The molecule has 0 radical (unpaired) electrons. The second-order valence-electron chi connectivity index (χ2n) is 5.86. The topological polar surface area (TPSA) is 79.3 Å². The SMILES string of the molecule is C[C@H](NC(=O)N[C@@H](C)c1cccc(-n2ccnc2)c1)C(=O)N(C)C. The highest BCUT2D eigenvalue weighted by molar-refractivity contribution is 5.86. The Kier molecular flexibility index (Phi) is 5.57. The lowest BCUT2D eigenvalue weighted by molar-refractivity contribution is -0.130. The van der Waals surface area contributed by atoms with Crippen molar-refractivity contribution in [2.75, 3.05) is 14.1 Å². The van der Waals surface area contributed by atoms with Crippen LogP contribution < -0.4 is 10.6 Å². The summed E-state index contributed by atoms with van der Waals surface area (Å²) in [4.78, 5) is 29.3. The quantitative estimate of drug-likeness (QED) is 0.876. The summed E-state index contributed by atoms with van der Waals surface area (Å²) in [6.45, 7) is 3.55. The zero-order valence-corrected chi connectivity index (χ0v) is 14.4. The molecule has 0 unspecified atom stereocenters. The number of hydrogen-bond donors (Lipinski definition) is 2. The lowest BCUT2D eigenvalue weighted by Gasteiger charge is -2.20. The monoisotopic (exact) mass is 329 g/mol. The molecule has 0 saturated heterocycles. The van der Waals surface area contributed by atoms with E-state index in [1.165, 1.54) is 4.90 Å². The molecule has 2 atom stereocenters. The van der Waals surface area contributed by atoms with Gasteiger partial charge in [-0.25, -0.2) is 9.78 Å². The zero-order valence-electron chi connectivity index (χ0n) is 14.4. The van der Waals surface area contributed by atoms with Gasteiger partial charge in [0.05, 0.1) is 12.4 Å². The third-order valence-corrected chi connectivity index (χ3v) is 3.68. The molecule has 0 bridgehead atoms. The highest BCUT2D eigenvalue weighted by Crippen LogP contribution is 2.16. The summed E-state index contributed by atoms with van der Waals surface area (Å²) in [6.07, 6.45) is 5.29. The van der Waals surface area contributed by atoms with Crippen LogP contribution >= 0.6 is 0 Å². The second-order valence-corrected chi connectivity index (χ2v) is 5.86. The number of hydrogen-bond acceptors (Lipinski definition) is 3. The van der Waals surface area contributed by atoms with Crippen LogP contribution in [0.2, 0.25) is 0 Å². The molecule has 0 aliphatic heterocycles. The minimum absolute atomic E-state index is 0.153. The highest BCUT2D eigenvalue weighted by Gasteiger charge is 2.18. The first kappa shape index (κ1) is 17.5. The van der Waals surface area contributed by atoms with E-state index in [1.54, 1.807) is 33.5 Å². The number of nitrogens with zero attached hydrogens (tertiary/aromatic N) is 3. The number of aromatic nitrogens is 2. The molecule has 0 spiro atoms. The number of benzene rings is 1. The van der Waals surface area contributed by atoms with E-state index in [9.17, 15) is 9.59 Å². The number of rotatable bonds is 5. The van der Waals surface area contributed by atoms with Crippen molar-refractivity contribution in [3.05, 3.63) is 48.5 Å². The molecule has 1 heterocycles. The van der Waals surface area contributed by atoms with Gasteiger partial charge in [-0.2, -0.15) is 0 Å². The van der Waals surface area contributed by atoms with Crippen LogP contribution in [0.25, 0.3) is 5.69 Å². The molecule has 3 amide bonds. The van der Waals surface area contributed by atoms with Crippen LogP contribution in [0.1, 0.15) is 25.5 Å². The Morgan fingerprint density at radius 2 is 1.96 bits per heavy atom. The Balaban J connectivity index is 1.99. The number of amides is 3. The van der Waals surface area contributed by atoms with Crippen molar-refractivity contribution in [2.45, 2.75) is 25.9 Å². The van der Waals surface area contributed by atoms with Crippen LogP contribution in [0, 0.1) is 0 Å². The van der Waals surface area contributed by atoms with E-state index in [0.717, 1.165) is 11.3 Å². The molecule has 0 aliphatic rings. The molecule has 24 heavy (non-hydrogen) atoms. The number of urea groups is 1. The average Bonchev–Trinajstić information content (AvgIpc) is 3.08. The van der Waals surface area contributed by atoms with E-state index < -0.39 is 6.04 Å². The molecule has 1 aromatic heterocycles. The summed E-state index contributed by atoms with van der Waals surface area (Å²) < 4.78 is 1.90. The van der Waals surface area contributed by atoms with E-state index in [1.807, 2.05) is 42.0 Å². The van der Waals surface area contributed by atoms with E-state index >= 15 is 0 Å². The maximum Gasteiger partial charge on any atom is 0.315 e. The first-order chi connectivity index (χ1) is 11.4. The van der Waals surface area contributed by atoms with E-state index in [0.29, 0.717) is 0 Å². The molecule has 0 fully saturated rings. The summed E-state index contributed by atoms with van der Waals surface area (Å²) in [6, 6.07) is 6.67. The summed E-state index contributed by atoms with van der Waals surface area (Å²) >= 11 is 0. The average molecular weight is 329 g/mol. The van der Waals surface area contributed by atoms with Crippen molar-refractivity contribution < 1.29 is 9.59 Å². The normalized spacial score (nSPS) is 13.0. The van der Waals surface area contributed by atoms with Crippen molar-refractivity contribution in [1.82, 2.24) is 25.1 Å². The molecule has 7 nitrogen and oxygen atoms in total. The van der Waals surface area contributed by atoms with Crippen molar-refractivity contribution in [3.63, 3.8) is 0 Å². The van der Waals surface area contributed by atoms with Gasteiger partial charge in [-0.15, -0.1) is 0 Å². The zero-order chi connectivity index (χ0) is 17.7. The first-order valence-corrected chi connectivity index (χ1v) is 7.75. The smallest absolute Gasteiger partial charge is 0.315 e. The standard InChI is InChI=1S/C17H23N5O2/c1-12(19-17(24)20-13(2)16(23)21(3)4)14-6-5-7-15(10-14)22-9-8-18-11-22/h5-13H,1-4H3,(H2,19,20,24)/t12-,13-/m0/s1. The summed E-state index contributed by atoms with van der Waals surface area (Å²) in [7, 11) is 3.31. The van der Waals surface area contributed by atoms with Gasteiger partial charge in [0.1, 0.15) is 6.04 Å². The van der Waals surface area contributed by atoms with Crippen LogP contribution in [-0.2, 0) is 4.79 Å². The molecule has 2 rings (SSSR count). The summed E-state index contributed by atoms with van der Waals surface area (Å²) in [5.41, 5.74) is 1.93. The fourth-order valence-corrected chi connectivity index (χ4v) is 2.33. The minimum atomic E-state index is -0.579. The molecule has 0 saturated carbocycles. The Morgan fingerprint density at radius 1 is 1.21 bits per heavy atom. The molecule has 0 aliphatic carbocycles. The Morgan fingerprint density at radius 3 is 2.58 bits per heavy atom. The summed E-state index contributed by atoms with van der Waals surface area (Å²) in [5.74, 6) is -0.153. The van der Waals surface area contributed by atoms with E-state index in [-0.39, 0.29) is 18.0 Å². The Labute approximate surface area is 141 Å². The third-order valence-electron chi connectivity index (χ3n) is 3.68. The van der Waals surface area contributed by atoms with Gasteiger partial charge in [-0.3, -0.25) is 4.79 Å². The fraction of sp³-hybridized carbons (Fsp3) is 0.353. The van der Waals surface area contributed by atoms with Gasteiger partial charge >= 0.3 is 6.03 Å². The van der Waals surface area contributed by atoms with Crippen LogP contribution in [-0.4, -0.2) is 46.5 Å². The van der Waals surface area contributed by atoms with E-state index in [2.05, 4.69) is 15.6 Å². The summed E-state index contributed by atoms with van der Waals surface area (Å²) in [5, 5.41) is 5.50. The number of likely N-dealkylation sites (N-methyl/N-ethyl adjacent to an activating group) is 1. The lowest BCUT2D eigenvalue weighted by Crippen LogP contribution is -2.48. The number of carbonyl (C=O) groups is 2. The predicted molar refractivity (Wildman–Crippen MR) is 91.8 cm³/mol. The first-order valence-electron chi connectivity index (χ1n) is 7.75. The largest absolute Gasteiger partial charge is 0.347 e. The fourth-order valence-electron chi connectivity index (χ4n) is 2.33. The lowest BCUT2D eigenvalue weighted by atomic mass is 10.1. The van der Waals surface area contributed by atoms with Gasteiger partial charge < -0.3 is 20.1 Å². The predicted octanol–water partition coefficient (Wildman–Crippen LogP) is 1.71.